The molecule has 0 saturated heterocycles. The van der Waals surface area contributed by atoms with Gasteiger partial charge in [0.15, 0.2) is 29.0 Å². The van der Waals surface area contributed by atoms with E-state index < -0.39 is 17.5 Å². The summed E-state index contributed by atoms with van der Waals surface area (Å²) in [5.74, 6) is -3.34. The van der Waals surface area contributed by atoms with Crippen molar-refractivity contribution in [3.63, 3.8) is 0 Å². The number of rotatable bonds is 4. The molecule has 1 amide bonds. The van der Waals surface area contributed by atoms with E-state index in [0.717, 1.165) is 12.1 Å². The van der Waals surface area contributed by atoms with Gasteiger partial charge in [0, 0.05) is 5.56 Å². The van der Waals surface area contributed by atoms with Gasteiger partial charge >= 0.3 is 0 Å². The average Bonchev–Trinajstić information content (AvgIpc) is 3.17. The van der Waals surface area contributed by atoms with Crippen LogP contribution in [0.4, 0.5) is 30.4 Å². The van der Waals surface area contributed by atoms with Crippen molar-refractivity contribution in [3.8, 4) is 11.5 Å². The summed E-state index contributed by atoms with van der Waals surface area (Å²) >= 11 is 0. The summed E-state index contributed by atoms with van der Waals surface area (Å²) < 4.78 is 50.4. The monoisotopic (exact) mass is 387 g/mol. The predicted molar refractivity (Wildman–Crippen MR) is 94.4 cm³/mol. The van der Waals surface area contributed by atoms with Crippen LogP contribution in [-0.4, -0.2) is 17.7 Å². The van der Waals surface area contributed by atoms with Crippen molar-refractivity contribution in [2.75, 3.05) is 17.4 Å². The smallest absolute Gasteiger partial charge is 0.255 e. The van der Waals surface area contributed by atoms with E-state index in [4.69, 9.17) is 9.47 Å². The summed E-state index contributed by atoms with van der Waals surface area (Å²) in [5, 5.41) is 5.20. The maximum Gasteiger partial charge on any atom is 0.255 e. The molecule has 3 aromatic rings. The number of amides is 1. The van der Waals surface area contributed by atoms with Gasteiger partial charge in [-0.1, -0.05) is 0 Å². The third kappa shape index (κ3) is 3.41. The molecule has 0 saturated carbocycles. The molecule has 2 aromatic carbocycles. The van der Waals surface area contributed by atoms with E-state index in [-0.39, 0.29) is 24.2 Å². The van der Waals surface area contributed by atoms with Gasteiger partial charge in [0.25, 0.3) is 5.91 Å². The molecular weight excluding hydrogens is 375 g/mol. The Hall–Kier alpha value is -3.75. The fourth-order valence-corrected chi connectivity index (χ4v) is 2.54. The van der Waals surface area contributed by atoms with Crippen LogP contribution in [0.1, 0.15) is 10.4 Å². The van der Waals surface area contributed by atoms with Gasteiger partial charge < -0.3 is 20.1 Å². The SMILES string of the molecule is O=C(Nc1ccc(Nc2ccc(F)c(F)c2F)nc1)c1ccc2c(c1)OCO2. The summed E-state index contributed by atoms with van der Waals surface area (Å²) in [6, 6.07) is 9.64. The Morgan fingerprint density at radius 2 is 1.79 bits per heavy atom. The maximum atomic E-state index is 13.7. The minimum atomic E-state index is -1.57. The Labute approximate surface area is 156 Å². The van der Waals surface area contributed by atoms with E-state index >= 15 is 0 Å². The maximum absolute atomic E-state index is 13.7. The lowest BCUT2D eigenvalue weighted by molar-refractivity contribution is 0.102. The molecule has 0 spiro atoms. The minimum Gasteiger partial charge on any atom is -0.454 e. The van der Waals surface area contributed by atoms with Crippen molar-refractivity contribution in [2.24, 2.45) is 0 Å². The Bertz CT molecular complexity index is 1060. The Morgan fingerprint density at radius 3 is 2.57 bits per heavy atom. The molecule has 6 nitrogen and oxygen atoms in total. The molecular formula is C19H12F3N3O3. The van der Waals surface area contributed by atoms with Crippen LogP contribution in [0, 0.1) is 17.5 Å². The van der Waals surface area contributed by atoms with E-state index in [1.165, 1.54) is 18.3 Å². The normalized spacial score (nSPS) is 12.0. The van der Waals surface area contributed by atoms with Crippen LogP contribution in [-0.2, 0) is 0 Å². The van der Waals surface area contributed by atoms with Gasteiger partial charge in [0.2, 0.25) is 6.79 Å². The zero-order chi connectivity index (χ0) is 19.7. The number of aromatic nitrogens is 1. The molecule has 142 valence electrons. The van der Waals surface area contributed by atoms with Gasteiger partial charge in [-0.2, -0.15) is 0 Å². The number of carbonyl (C=O) groups excluding carboxylic acids is 1. The first-order valence-corrected chi connectivity index (χ1v) is 8.09. The molecule has 0 aliphatic carbocycles. The molecule has 28 heavy (non-hydrogen) atoms. The molecule has 1 aliphatic rings. The van der Waals surface area contributed by atoms with Gasteiger partial charge in [-0.05, 0) is 42.5 Å². The van der Waals surface area contributed by atoms with Gasteiger partial charge in [-0.15, -0.1) is 0 Å². The predicted octanol–water partition coefficient (Wildman–Crippen LogP) is 4.22. The Balaban J connectivity index is 1.45. The van der Waals surface area contributed by atoms with Crippen LogP contribution in [0.5, 0.6) is 11.5 Å². The first kappa shape index (κ1) is 17.7. The van der Waals surface area contributed by atoms with Gasteiger partial charge in [0.05, 0.1) is 17.6 Å². The first-order valence-electron chi connectivity index (χ1n) is 8.09. The average molecular weight is 387 g/mol. The van der Waals surface area contributed by atoms with Gasteiger partial charge in [-0.3, -0.25) is 4.79 Å². The van der Waals surface area contributed by atoms with Crippen molar-refractivity contribution in [1.82, 2.24) is 4.98 Å². The Kier molecular flexibility index (Phi) is 4.48. The highest BCUT2D eigenvalue weighted by Crippen LogP contribution is 2.32. The highest BCUT2D eigenvalue weighted by molar-refractivity contribution is 6.04. The number of ether oxygens (including phenoxy) is 2. The third-order valence-electron chi connectivity index (χ3n) is 3.95. The van der Waals surface area contributed by atoms with E-state index in [2.05, 4.69) is 15.6 Å². The van der Waals surface area contributed by atoms with Crippen LogP contribution in [0.25, 0.3) is 0 Å². The lowest BCUT2D eigenvalue weighted by atomic mass is 10.2. The van der Waals surface area contributed by atoms with E-state index in [1.54, 1.807) is 18.2 Å². The number of nitrogens with zero attached hydrogens (tertiary/aromatic N) is 1. The molecule has 0 radical (unpaired) electrons. The largest absolute Gasteiger partial charge is 0.454 e. The fraction of sp³-hybridized carbons (Fsp3) is 0.0526. The number of pyridine rings is 1. The van der Waals surface area contributed by atoms with E-state index in [0.29, 0.717) is 22.7 Å². The molecule has 0 atom stereocenters. The molecule has 1 aromatic heterocycles. The van der Waals surface area contributed by atoms with Crippen LogP contribution in [0.2, 0.25) is 0 Å². The fourth-order valence-electron chi connectivity index (χ4n) is 2.54. The Morgan fingerprint density at radius 1 is 0.964 bits per heavy atom. The summed E-state index contributed by atoms with van der Waals surface area (Å²) in [4.78, 5) is 16.3. The summed E-state index contributed by atoms with van der Waals surface area (Å²) in [6.45, 7) is 0.108. The van der Waals surface area contributed by atoms with E-state index in [1.807, 2.05) is 0 Å². The summed E-state index contributed by atoms with van der Waals surface area (Å²) in [5.41, 5.74) is 0.498. The van der Waals surface area contributed by atoms with Crippen LogP contribution < -0.4 is 20.1 Å². The molecule has 0 fully saturated rings. The molecule has 2 N–H and O–H groups in total. The number of hydrogen-bond acceptors (Lipinski definition) is 5. The number of carbonyl (C=O) groups is 1. The number of fused-ring (bicyclic) bond motifs is 1. The topological polar surface area (TPSA) is 72.5 Å². The second kappa shape index (κ2) is 7.10. The second-order valence-electron chi connectivity index (χ2n) is 5.80. The van der Waals surface area contributed by atoms with Gasteiger partial charge in [-0.25, -0.2) is 18.2 Å². The molecule has 1 aliphatic heterocycles. The summed E-state index contributed by atoms with van der Waals surface area (Å²) in [6.07, 6.45) is 1.34. The van der Waals surface area contributed by atoms with Crippen LogP contribution in [0.3, 0.4) is 0 Å². The highest BCUT2D eigenvalue weighted by Gasteiger charge is 2.17. The van der Waals surface area contributed by atoms with Crippen molar-refractivity contribution in [1.29, 1.82) is 0 Å². The number of hydrogen-bond donors (Lipinski definition) is 2. The molecule has 4 rings (SSSR count). The first-order chi connectivity index (χ1) is 13.5. The number of halogens is 3. The molecule has 9 heteroatoms. The molecule has 0 unspecified atom stereocenters. The van der Waals surface area contributed by atoms with Crippen molar-refractivity contribution >= 4 is 23.1 Å². The standard InChI is InChI=1S/C19H12F3N3O3/c20-12-3-4-13(18(22)17(12)21)25-16-6-2-11(8-23-16)24-19(26)10-1-5-14-15(7-10)28-9-27-14/h1-8H,9H2,(H,23,25)(H,24,26). The zero-order valence-corrected chi connectivity index (χ0v) is 14.1. The minimum absolute atomic E-state index is 0.108. The van der Waals surface area contributed by atoms with Gasteiger partial charge in [0.1, 0.15) is 5.82 Å². The van der Waals surface area contributed by atoms with Crippen LogP contribution in [0.15, 0.2) is 48.7 Å². The molecule has 0 bridgehead atoms. The lowest BCUT2D eigenvalue weighted by Crippen LogP contribution is -2.12. The zero-order valence-electron chi connectivity index (χ0n) is 14.1. The second-order valence-corrected chi connectivity index (χ2v) is 5.80. The number of nitrogens with one attached hydrogen (secondary N) is 2. The highest BCUT2D eigenvalue weighted by atomic mass is 19.2. The van der Waals surface area contributed by atoms with Crippen molar-refractivity contribution < 1.29 is 27.4 Å². The van der Waals surface area contributed by atoms with E-state index in [9.17, 15) is 18.0 Å². The van der Waals surface area contributed by atoms with Crippen molar-refractivity contribution in [2.45, 2.75) is 0 Å². The third-order valence-corrected chi connectivity index (χ3v) is 3.95. The quantitative estimate of drug-likeness (QED) is 0.656. The number of benzene rings is 2. The van der Waals surface area contributed by atoms with Crippen molar-refractivity contribution in [3.05, 3.63) is 71.7 Å². The lowest BCUT2D eigenvalue weighted by Gasteiger charge is -2.09. The van der Waals surface area contributed by atoms with Crippen LogP contribution >= 0.6 is 0 Å². The number of anilines is 3. The molecule has 2 heterocycles. The summed E-state index contributed by atoms with van der Waals surface area (Å²) in [7, 11) is 0.